The molecule has 0 spiro atoms. The summed E-state index contributed by atoms with van der Waals surface area (Å²) in [6.45, 7) is 0.800. The van der Waals surface area contributed by atoms with E-state index in [0.29, 0.717) is 24.7 Å². The number of benzene rings is 1. The Morgan fingerprint density at radius 2 is 2.10 bits per heavy atom. The number of amides is 1. The molecule has 1 aromatic carbocycles. The van der Waals surface area contributed by atoms with E-state index in [2.05, 4.69) is 5.32 Å². The monoisotopic (exact) mass is 285 g/mol. The Morgan fingerprint density at radius 3 is 2.90 bits per heavy atom. The molecule has 3 rings (SSSR count). The van der Waals surface area contributed by atoms with Crippen LogP contribution in [0.5, 0.6) is 11.5 Å². The minimum Gasteiger partial charge on any atom is -0.486 e. The molecule has 0 radical (unpaired) electrons. The molecule has 5 heteroatoms. The molecule has 1 amide bonds. The summed E-state index contributed by atoms with van der Waals surface area (Å²) in [5, 5.41) is 2.77. The molecule has 0 saturated carbocycles. The summed E-state index contributed by atoms with van der Waals surface area (Å²) in [5.41, 5.74) is 0. The maximum absolute atomic E-state index is 11.7. The van der Waals surface area contributed by atoms with E-state index in [-0.39, 0.29) is 12.0 Å². The van der Waals surface area contributed by atoms with Gasteiger partial charge in [-0.1, -0.05) is 12.1 Å². The molecule has 5 nitrogen and oxygen atoms in total. The number of ether oxygens (including phenoxy) is 2. The summed E-state index contributed by atoms with van der Waals surface area (Å²) in [6.07, 6.45) is 4.41. The fourth-order valence-electron chi connectivity index (χ4n) is 1.98. The molecule has 0 saturated heterocycles. The van der Waals surface area contributed by atoms with Crippen molar-refractivity contribution in [2.45, 2.75) is 6.10 Å². The molecule has 1 aliphatic rings. The van der Waals surface area contributed by atoms with Gasteiger partial charge >= 0.3 is 0 Å². The average molecular weight is 285 g/mol. The first-order chi connectivity index (χ1) is 10.3. The first-order valence-corrected chi connectivity index (χ1v) is 6.69. The number of hydrogen-bond acceptors (Lipinski definition) is 4. The Balaban J connectivity index is 1.49. The molecule has 0 fully saturated rings. The van der Waals surface area contributed by atoms with Crippen LogP contribution in [-0.2, 0) is 4.79 Å². The van der Waals surface area contributed by atoms with Crippen molar-refractivity contribution in [3.05, 3.63) is 54.5 Å². The predicted octanol–water partition coefficient (Wildman–Crippen LogP) is 2.25. The van der Waals surface area contributed by atoms with Crippen molar-refractivity contribution in [3.63, 3.8) is 0 Å². The van der Waals surface area contributed by atoms with Gasteiger partial charge in [-0.05, 0) is 30.3 Å². The van der Waals surface area contributed by atoms with Gasteiger partial charge in [0.2, 0.25) is 5.91 Å². The van der Waals surface area contributed by atoms with Gasteiger partial charge in [-0.15, -0.1) is 0 Å². The van der Waals surface area contributed by atoms with Crippen LogP contribution < -0.4 is 14.8 Å². The standard InChI is InChI=1S/C16H15NO4/c18-16(8-7-12-4-3-9-19-12)17-10-13-11-20-14-5-1-2-6-15(14)21-13/h1-9,13H,10-11H2,(H,17,18)/b8-7+/t13-/m1/s1. The highest BCUT2D eigenvalue weighted by atomic mass is 16.6. The number of carbonyl (C=O) groups is 1. The molecule has 1 aromatic heterocycles. The number of hydrogen-bond donors (Lipinski definition) is 1. The van der Waals surface area contributed by atoms with Gasteiger partial charge < -0.3 is 19.2 Å². The fourth-order valence-corrected chi connectivity index (χ4v) is 1.98. The van der Waals surface area contributed by atoms with Crippen molar-refractivity contribution in [2.24, 2.45) is 0 Å². The predicted molar refractivity (Wildman–Crippen MR) is 77.1 cm³/mol. The van der Waals surface area contributed by atoms with Crippen LogP contribution in [0.3, 0.4) is 0 Å². The summed E-state index contributed by atoms with van der Waals surface area (Å²) >= 11 is 0. The maximum Gasteiger partial charge on any atom is 0.244 e. The SMILES string of the molecule is O=C(/C=C/c1ccco1)NC[C@@H]1COc2ccccc2O1. The van der Waals surface area contributed by atoms with Crippen LogP contribution in [0.25, 0.3) is 6.08 Å². The Labute approximate surface area is 122 Å². The lowest BCUT2D eigenvalue weighted by molar-refractivity contribution is -0.116. The third-order valence-electron chi connectivity index (χ3n) is 3.01. The van der Waals surface area contributed by atoms with Crippen molar-refractivity contribution in [3.8, 4) is 11.5 Å². The average Bonchev–Trinajstić information content (AvgIpc) is 3.04. The molecule has 2 aromatic rings. The number of nitrogens with one attached hydrogen (secondary N) is 1. The molecule has 21 heavy (non-hydrogen) atoms. The van der Waals surface area contributed by atoms with Crippen molar-refractivity contribution < 1.29 is 18.7 Å². The zero-order chi connectivity index (χ0) is 14.5. The lowest BCUT2D eigenvalue weighted by Gasteiger charge is -2.26. The van der Waals surface area contributed by atoms with Gasteiger partial charge in [-0.25, -0.2) is 0 Å². The van der Waals surface area contributed by atoms with Crippen LogP contribution in [-0.4, -0.2) is 25.2 Å². The molecule has 1 aliphatic heterocycles. The van der Waals surface area contributed by atoms with Crippen molar-refractivity contribution in [1.29, 1.82) is 0 Å². The van der Waals surface area contributed by atoms with E-state index < -0.39 is 0 Å². The van der Waals surface area contributed by atoms with Gasteiger partial charge in [0.05, 0.1) is 12.8 Å². The number of carbonyl (C=O) groups excluding carboxylic acids is 1. The van der Waals surface area contributed by atoms with Crippen LogP contribution in [0.15, 0.2) is 53.2 Å². The summed E-state index contributed by atoms with van der Waals surface area (Å²) in [4.78, 5) is 11.7. The maximum atomic E-state index is 11.7. The Bertz CT molecular complexity index is 633. The minimum absolute atomic E-state index is 0.194. The van der Waals surface area contributed by atoms with Crippen LogP contribution >= 0.6 is 0 Å². The van der Waals surface area contributed by atoms with Crippen LogP contribution in [0.1, 0.15) is 5.76 Å². The largest absolute Gasteiger partial charge is 0.486 e. The second-order valence-corrected chi connectivity index (χ2v) is 4.59. The topological polar surface area (TPSA) is 60.7 Å². The second-order valence-electron chi connectivity index (χ2n) is 4.59. The number of para-hydroxylation sites is 2. The summed E-state index contributed by atoms with van der Waals surface area (Å²) in [5.74, 6) is 1.87. The van der Waals surface area contributed by atoms with Crippen molar-refractivity contribution in [1.82, 2.24) is 5.32 Å². The van der Waals surface area contributed by atoms with E-state index in [1.54, 1.807) is 24.5 Å². The van der Waals surface area contributed by atoms with Gasteiger partial charge in [0, 0.05) is 6.08 Å². The van der Waals surface area contributed by atoms with Gasteiger partial charge in [0.15, 0.2) is 11.5 Å². The van der Waals surface area contributed by atoms with Gasteiger partial charge in [0.25, 0.3) is 0 Å². The Hall–Kier alpha value is -2.69. The molecule has 0 bridgehead atoms. The van der Waals surface area contributed by atoms with Crippen LogP contribution in [0, 0.1) is 0 Å². The summed E-state index contributed by atoms with van der Waals surface area (Å²) in [7, 11) is 0. The second kappa shape index (κ2) is 6.17. The normalized spacial score (nSPS) is 16.9. The smallest absolute Gasteiger partial charge is 0.244 e. The highest BCUT2D eigenvalue weighted by molar-refractivity contribution is 5.91. The van der Waals surface area contributed by atoms with E-state index in [9.17, 15) is 4.79 Å². The third kappa shape index (κ3) is 3.45. The lowest BCUT2D eigenvalue weighted by atomic mass is 10.2. The van der Waals surface area contributed by atoms with Crippen molar-refractivity contribution in [2.75, 3.05) is 13.2 Å². The molecular formula is C16H15NO4. The van der Waals surface area contributed by atoms with Crippen molar-refractivity contribution >= 4 is 12.0 Å². The zero-order valence-corrected chi connectivity index (χ0v) is 11.3. The van der Waals surface area contributed by atoms with E-state index in [1.165, 1.54) is 6.08 Å². The number of furan rings is 1. The molecule has 0 aliphatic carbocycles. The number of fused-ring (bicyclic) bond motifs is 1. The van der Waals surface area contributed by atoms with E-state index >= 15 is 0 Å². The highest BCUT2D eigenvalue weighted by Crippen LogP contribution is 2.30. The van der Waals surface area contributed by atoms with Gasteiger partial charge in [-0.3, -0.25) is 4.79 Å². The minimum atomic E-state index is -0.200. The van der Waals surface area contributed by atoms with E-state index in [4.69, 9.17) is 13.9 Å². The highest BCUT2D eigenvalue weighted by Gasteiger charge is 2.20. The first-order valence-electron chi connectivity index (χ1n) is 6.69. The molecular weight excluding hydrogens is 270 g/mol. The zero-order valence-electron chi connectivity index (χ0n) is 11.3. The van der Waals surface area contributed by atoms with E-state index in [0.717, 1.165) is 5.75 Å². The molecule has 1 atom stereocenters. The molecule has 108 valence electrons. The Kier molecular flexibility index (Phi) is 3.91. The molecule has 1 N–H and O–H groups in total. The Morgan fingerprint density at radius 1 is 1.24 bits per heavy atom. The number of rotatable bonds is 4. The first kappa shape index (κ1) is 13.3. The fraction of sp³-hybridized carbons (Fsp3) is 0.188. The van der Waals surface area contributed by atoms with E-state index in [1.807, 2.05) is 24.3 Å². The van der Waals surface area contributed by atoms with Crippen LogP contribution in [0.2, 0.25) is 0 Å². The molecule has 2 heterocycles. The quantitative estimate of drug-likeness (QED) is 0.875. The third-order valence-corrected chi connectivity index (χ3v) is 3.01. The van der Waals surface area contributed by atoms with Crippen LogP contribution in [0.4, 0.5) is 0 Å². The van der Waals surface area contributed by atoms with Gasteiger partial charge in [0.1, 0.15) is 18.5 Å². The summed E-state index contributed by atoms with van der Waals surface area (Å²) in [6, 6.07) is 11.0. The summed E-state index contributed by atoms with van der Waals surface area (Å²) < 4.78 is 16.4. The van der Waals surface area contributed by atoms with Gasteiger partial charge in [-0.2, -0.15) is 0 Å². The lowest BCUT2D eigenvalue weighted by Crippen LogP contribution is -2.40. The molecule has 0 unspecified atom stereocenters.